The highest BCUT2D eigenvalue weighted by atomic mass is 32.2. The van der Waals surface area contributed by atoms with Crippen LogP contribution in [0.1, 0.15) is 36.7 Å². The third kappa shape index (κ3) is 3.44. The predicted octanol–water partition coefficient (Wildman–Crippen LogP) is 2.19. The van der Waals surface area contributed by atoms with Crippen molar-refractivity contribution >= 4 is 16.7 Å². The van der Waals surface area contributed by atoms with Crippen LogP contribution in [0.3, 0.4) is 0 Å². The smallest absolute Gasteiger partial charge is 0.253 e. The van der Waals surface area contributed by atoms with E-state index in [1.54, 1.807) is 4.90 Å². The van der Waals surface area contributed by atoms with E-state index >= 15 is 0 Å². The molecule has 1 heterocycles. The van der Waals surface area contributed by atoms with Crippen molar-refractivity contribution in [3.8, 4) is 0 Å². The number of benzene rings is 1. The molecule has 1 aliphatic heterocycles. The maximum Gasteiger partial charge on any atom is 0.253 e. The van der Waals surface area contributed by atoms with Crippen molar-refractivity contribution in [3.05, 3.63) is 35.4 Å². The Hall–Kier alpha value is -1.16. The van der Waals surface area contributed by atoms with E-state index in [4.69, 9.17) is 0 Å². The fourth-order valence-corrected chi connectivity index (χ4v) is 3.19. The van der Waals surface area contributed by atoms with Gasteiger partial charge in [0, 0.05) is 41.0 Å². The first-order valence-corrected chi connectivity index (χ1v) is 8.11. The maximum absolute atomic E-state index is 12.3. The molecule has 0 aliphatic carbocycles. The van der Waals surface area contributed by atoms with Crippen LogP contribution in [0.5, 0.6) is 0 Å². The average molecular weight is 279 g/mol. The van der Waals surface area contributed by atoms with Crippen molar-refractivity contribution in [3.63, 3.8) is 0 Å². The van der Waals surface area contributed by atoms with Gasteiger partial charge in [-0.05, 0) is 23.1 Å². The topological polar surface area (TPSA) is 37.4 Å². The lowest BCUT2D eigenvalue weighted by Gasteiger charge is -2.26. The molecule has 0 bridgehead atoms. The lowest BCUT2D eigenvalue weighted by molar-refractivity contribution is 0.0771. The highest BCUT2D eigenvalue weighted by Gasteiger charge is 2.21. The van der Waals surface area contributed by atoms with Crippen LogP contribution in [0, 0.1) is 0 Å². The van der Waals surface area contributed by atoms with Gasteiger partial charge in [-0.1, -0.05) is 32.9 Å². The second-order valence-corrected chi connectivity index (χ2v) is 7.66. The number of carbonyl (C=O) groups is 1. The van der Waals surface area contributed by atoms with Gasteiger partial charge in [0.15, 0.2) is 0 Å². The summed E-state index contributed by atoms with van der Waals surface area (Å²) in [5.74, 6) is 1.26. The van der Waals surface area contributed by atoms with Crippen LogP contribution >= 0.6 is 0 Å². The highest BCUT2D eigenvalue weighted by molar-refractivity contribution is 7.85. The van der Waals surface area contributed by atoms with Crippen molar-refractivity contribution in [2.45, 2.75) is 26.2 Å². The number of nitrogens with zero attached hydrogens (tertiary/aromatic N) is 1. The van der Waals surface area contributed by atoms with Crippen LogP contribution in [0.25, 0.3) is 0 Å². The monoisotopic (exact) mass is 279 g/mol. The van der Waals surface area contributed by atoms with Crippen LogP contribution in [0.15, 0.2) is 24.3 Å². The van der Waals surface area contributed by atoms with Crippen molar-refractivity contribution < 1.29 is 9.00 Å². The van der Waals surface area contributed by atoms with Gasteiger partial charge in [-0.15, -0.1) is 0 Å². The molecule has 0 unspecified atom stereocenters. The molecule has 104 valence electrons. The van der Waals surface area contributed by atoms with E-state index in [0.29, 0.717) is 24.6 Å². The van der Waals surface area contributed by atoms with Gasteiger partial charge >= 0.3 is 0 Å². The van der Waals surface area contributed by atoms with Gasteiger partial charge in [0.05, 0.1) is 0 Å². The molecule has 19 heavy (non-hydrogen) atoms. The number of hydrogen-bond acceptors (Lipinski definition) is 2. The van der Waals surface area contributed by atoms with Crippen LogP contribution in [-0.4, -0.2) is 39.6 Å². The summed E-state index contributed by atoms with van der Waals surface area (Å²) >= 11 is 0. The minimum Gasteiger partial charge on any atom is -0.337 e. The van der Waals surface area contributed by atoms with Gasteiger partial charge in [0.2, 0.25) is 0 Å². The number of rotatable bonds is 1. The summed E-state index contributed by atoms with van der Waals surface area (Å²) in [6.07, 6.45) is 0. The molecular weight excluding hydrogens is 258 g/mol. The van der Waals surface area contributed by atoms with Gasteiger partial charge in [0.25, 0.3) is 5.91 Å². The minimum absolute atomic E-state index is 0.0529. The van der Waals surface area contributed by atoms with E-state index in [0.717, 1.165) is 5.56 Å². The van der Waals surface area contributed by atoms with Crippen LogP contribution in [-0.2, 0) is 16.2 Å². The lowest BCUT2D eigenvalue weighted by Crippen LogP contribution is -2.41. The Balaban J connectivity index is 2.10. The Morgan fingerprint density at radius 1 is 1.11 bits per heavy atom. The molecule has 0 N–H and O–H groups in total. The van der Waals surface area contributed by atoms with E-state index < -0.39 is 10.8 Å². The van der Waals surface area contributed by atoms with Gasteiger partial charge in [-0.3, -0.25) is 9.00 Å². The van der Waals surface area contributed by atoms with Gasteiger partial charge in [-0.2, -0.15) is 0 Å². The zero-order valence-corrected chi connectivity index (χ0v) is 12.6. The zero-order valence-electron chi connectivity index (χ0n) is 11.8. The maximum atomic E-state index is 12.3. The molecule has 1 aliphatic rings. The molecule has 0 radical (unpaired) electrons. The lowest BCUT2D eigenvalue weighted by atomic mass is 9.86. The number of amides is 1. The molecule has 4 heteroatoms. The Labute approximate surface area is 117 Å². The van der Waals surface area contributed by atoms with Crippen LogP contribution in [0.2, 0.25) is 0 Å². The molecule has 3 nitrogen and oxygen atoms in total. The van der Waals surface area contributed by atoms with Crippen molar-refractivity contribution in [2.75, 3.05) is 24.6 Å². The third-order valence-corrected chi connectivity index (χ3v) is 4.74. The molecule has 0 aromatic heterocycles. The molecule has 1 fully saturated rings. The minimum atomic E-state index is -0.743. The molecule has 0 atom stereocenters. The Bertz CT molecular complexity index is 478. The molecule has 1 aromatic carbocycles. The van der Waals surface area contributed by atoms with Crippen LogP contribution in [0.4, 0.5) is 0 Å². The first kappa shape index (κ1) is 14.3. The Morgan fingerprint density at radius 3 is 2.11 bits per heavy atom. The zero-order chi connectivity index (χ0) is 14.0. The molecule has 1 amide bonds. The van der Waals surface area contributed by atoms with E-state index in [-0.39, 0.29) is 11.3 Å². The molecule has 2 rings (SSSR count). The van der Waals surface area contributed by atoms with Crippen molar-refractivity contribution in [1.82, 2.24) is 4.90 Å². The normalized spacial score (nSPS) is 17.5. The summed E-state index contributed by atoms with van der Waals surface area (Å²) in [5, 5.41) is 0. The second kappa shape index (κ2) is 5.45. The second-order valence-electron chi connectivity index (χ2n) is 5.97. The van der Waals surface area contributed by atoms with E-state index in [2.05, 4.69) is 20.8 Å². The summed E-state index contributed by atoms with van der Waals surface area (Å²) in [6, 6.07) is 7.84. The first-order valence-electron chi connectivity index (χ1n) is 6.63. The van der Waals surface area contributed by atoms with Crippen molar-refractivity contribution in [1.29, 1.82) is 0 Å². The van der Waals surface area contributed by atoms with E-state index in [1.165, 1.54) is 5.56 Å². The van der Waals surface area contributed by atoms with Crippen molar-refractivity contribution in [2.24, 2.45) is 0 Å². The van der Waals surface area contributed by atoms with Gasteiger partial charge in [0.1, 0.15) is 0 Å². The van der Waals surface area contributed by atoms with Gasteiger partial charge in [-0.25, -0.2) is 0 Å². The van der Waals surface area contributed by atoms with Gasteiger partial charge < -0.3 is 4.90 Å². The quantitative estimate of drug-likeness (QED) is 0.790. The molecule has 1 aromatic rings. The summed E-state index contributed by atoms with van der Waals surface area (Å²) in [5.41, 5.74) is 2.05. The predicted molar refractivity (Wildman–Crippen MR) is 78.9 cm³/mol. The molecule has 0 saturated carbocycles. The van der Waals surface area contributed by atoms with E-state index in [9.17, 15) is 9.00 Å². The first-order chi connectivity index (χ1) is 8.88. The number of carbonyl (C=O) groups excluding carboxylic acids is 1. The molecule has 1 saturated heterocycles. The number of hydrogen-bond donors (Lipinski definition) is 0. The Morgan fingerprint density at radius 2 is 1.63 bits per heavy atom. The summed E-state index contributed by atoms with van der Waals surface area (Å²) < 4.78 is 11.3. The summed E-state index contributed by atoms with van der Waals surface area (Å²) in [7, 11) is -0.743. The fourth-order valence-electron chi connectivity index (χ4n) is 2.14. The summed E-state index contributed by atoms with van der Waals surface area (Å²) in [6.45, 7) is 7.68. The molecule has 0 spiro atoms. The third-order valence-electron chi connectivity index (χ3n) is 3.46. The van der Waals surface area contributed by atoms with E-state index in [1.807, 2.05) is 24.3 Å². The summed E-state index contributed by atoms with van der Waals surface area (Å²) in [4.78, 5) is 14.1. The Kier molecular flexibility index (Phi) is 4.09. The standard InChI is InChI=1S/C15H21NO2S/c1-15(2,3)13-6-4-12(5-7-13)14(17)16-8-10-19(18)11-9-16/h4-7H,8-11H2,1-3H3. The molecular formula is C15H21NO2S. The van der Waals surface area contributed by atoms with Crippen LogP contribution < -0.4 is 0 Å². The SMILES string of the molecule is CC(C)(C)c1ccc(C(=O)N2CCS(=O)CC2)cc1. The fraction of sp³-hybridized carbons (Fsp3) is 0.533. The largest absolute Gasteiger partial charge is 0.337 e. The average Bonchev–Trinajstić information content (AvgIpc) is 2.38. The highest BCUT2D eigenvalue weighted by Crippen LogP contribution is 2.22.